The first-order chi connectivity index (χ1) is 11.9. The maximum absolute atomic E-state index is 12.3. The van der Waals surface area contributed by atoms with Crippen molar-refractivity contribution in [3.63, 3.8) is 0 Å². The minimum atomic E-state index is -0.556. The largest absolute Gasteiger partial charge is 0.369 e. The Hall–Kier alpha value is -2.62. The molecule has 0 aromatic heterocycles. The highest BCUT2D eigenvalue weighted by Crippen LogP contribution is 2.25. The maximum Gasteiger partial charge on any atom is 0.325 e. The molecule has 136 valence electrons. The van der Waals surface area contributed by atoms with Crippen LogP contribution in [0.15, 0.2) is 17.6 Å². The van der Waals surface area contributed by atoms with Crippen molar-refractivity contribution in [3.8, 4) is 0 Å². The Kier molecular flexibility index (Phi) is 4.62. The Morgan fingerprint density at radius 1 is 1.36 bits per heavy atom. The van der Waals surface area contributed by atoms with E-state index in [-0.39, 0.29) is 18.4 Å². The predicted molar refractivity (Wildman–Crippen MR) is 90.4 cm³/mol. The lowest BCUT2D eigenvalue weighted by Crippen LogP contribution is -2.64. The van der Waals surface area contributed by atoms with Gasteiger partial charge in [-0.3, -0.25) is 19.8 Å². The SMILES string of the molecule is C=CCN1C(N2CCN(CC(N)=O)CC2)=NC2C1C(=O)NC(=O)N2C. The number of nitrogens with two attached hydrogens (primary N) is 1. The Labute approximate surface area is 145 Å². The fourth-order valence-corrected chi connectivity index (χ4v) is 3.44. The topological polar surface area (TPSA) is 115 Å². The summed E-state index contributed by atoms with van der Waals surface area (Å²) in [6.45, 7) is 7.14. The molecule has 0 spiro atoms. The van der Waals surface area contributed by atoms with E-state index < -0.39 is 18.2 Å². The number of guanidine groups is 1. The molecule has 0 saturated carbocycles. The number of nitrogens with one attached hydrogen (secondary N) is 1. The van der Waals surface area contributed by atoms with Crippen LogP contribution in [0.25, 0.3) is 0 Å². The van der Waals surface area contributed by atoms with E-state index in [0.29, 0.717) is 38.7 Å². The Bertz CT molecular complexity index is 627. The molecule has 4 amide bonds. The minimum Gasteiger partial charge on any atom is -0.369 e. The third-order valence-electron chi connectivity index (χ3n) is 4.70. The summed E-state index contributed by atoms with van der Waals surface area (Å²) in [5.41, 5.74) is 5.25. The Morgan fingerprint density at radius 2 is 2.04 bits per heavy atom. The molecule has 2 fully saturated rings. The second-order valence-corrected chi connectivity index (χ2v) is 6.36. The Balaban J connectivity index is 1.77. The van der Waals surface area contributed by atoms with Crippen molar-refractivity contribution in [3.05, 3.63) is 12.7 Å². The van der Waals surface area contributed by atoms with Gasteiger partial charge in [-0.1, -0.05) is 6.08 Å². The molecule has 2 saturated heterocycles. The van der Waals surface area contributed by atoms with E-state index in [1.165, 1.54) is 4.90 Å². The number of primary amides is 1. The van der Waals surface area contributed by atoms with Crippen molar-refractivity contribution < 1.29 is 14.4 Å². The van der Waals surface area contributed by atoms with Gasteiger partial charge in [0.05, 0.1) is 6.54 Å². The zero-order valence-corrected chi connectivity index (χ0v) is 14.2. The first-order valence-electron chi connectivity index (χ1n) is 8.21. The molecular formula is C15H23N7O3. The van der Waals surface area contributed by atoms with Crippen molar-refractivity contribution in [2.24, 2.45) is 10.7 Å². The van der Waals surface area contributed by atoms with E-state index in [4.69, 9.17) is 5.73 Å². The number of carbonyl (C=O) groups is 3. The number of carbonyl (C=O) groups excluding carboxylic acids is 3. The smallest absolute Gasteiger partial charge is 0.325 e. The van der Waals surface area contributed by atoms with Gasteiger partial charge in [0.25, 0.3) is 5.91 Å². The fourth-order valence-electron chi connectivity index (χ4n) is 3.44. The van der Waals surface area contributed by atoms with Crippen LogP contribution >= 0.6 is 0 Å². The summed E-state index contributed by atoms with van der Waals surface area (Å²) in [7, 11) is 1.63. The summed E-state index contributed by atoms with van der Waals surface area (Å²) in [6, 6.07) is -1.000. The molecule has 25 heavy (non-hydrogen) atoms. The average Bonchev–Trinajstić information content (AvgIpc) is 2.93. The van der Waals surface area contributed by atoms with Crippen LogP contribution in [0, 0.1) is 0 Å². The van der Waals surface area contributed by atoms with Gasteiger partial charge in [-0.2, -0.15) is 0 Å². The number of amides is 4. The number of hydrogen-bond donors (Lipinski definition) is 2. The van der Waals surface area contributed by atoms with E-state index in [1.54, 1.807) is 13.1 Å². The van der Waals surface area contributed by atoms with Crippen molar-refractivity contribution in [2.75, 3.05) is 46.3 Å². The normalized spacial score (nSPS) is 27.1. The number of hydrogen-bond acceptors (Lipinski definition) is 7. The molecule has 0 aromatic carbocycles. The summed E-state index contributed by atoms with van der Waals surface area (Å²) in [6.07, 6.45) is 1.17. The average molecular weight is 349 g/mol. The van der Waals surface area contributed by atoms with Crippen molar-refractivity contribution >= 4 is 23.8 Å². The molecule has 10 heteroatoms. The molecule has 0 aromatic rings. The zero-order valence-electron chi connectivity index (χ0n) is 14.2. The zero-order chi connectivity index (χ0) is 18.1. The van der Waals surface area contributed by atoms with Crippen LogP contribution in [0.3, 0.4) is 0 Å². The number of aliphatic imine (C=N–C) groups is 1. The molecule has 2 atom stereocenters. The van der Waals surface area contributed by atoms with Crippen LogP contribution in [0.2, 0.25) is 0 Å². The van der Waals surface area contributed by atoms with Crippen molar-refractivity contribution in [2.45, 2.75) is 12.2 Å². The molecule has 0 radical (unpaired) electrons. The number of fused-ring (bicyclic) bond motifs is 1. The molecule has 0 aliphatic carbocycles. The Morgan fingerprint density at radius 3 is 2.64 bits per heavy atom. The second-order valence-electron chi connectivity index (χ2n) is 6.36. The van der Waals surface area contributed by atoms with Gasteiger partial charge in [-0.15, -0.1) is 6.58 Å². The van der Waals surface area contributed by atoms with Crippen LogP contribution < -0.4 is 11.1 Å². The molecule has 3 N–H and O–H groups in total. The standard InChI is InChI=1S/C15H23N7O3/c1-3-4-22-11-12(19(2)15(25)18-13(11)24)17-14(22)21-7-5-20(6-8-21)9-10(16)23/h3,11-12H,1,4-9H2,2H3,(H2,16,23)(H,18,24,25). The molecule has 3 aliphatic rings. The number of nitrogens with zero attached hydrogens (tertiary/aromatic N) is 5. The van der Waals surface area contributed by atoms with E-state index >= 15 is 0 Å². The third kappa shape index (κ3) is 3.16. The van der Waals surface area contributed by atoms with Crippen LogP contribution in [-0.4, -0.2) is 102 Å². The molecule has 10 nitrogen and oxygen atoms in total. The number of rotatable bonds is 4. The van der Waals surface area contributed by atoms with Crippen LogP contribution in [0.4, 0.5) is 4.79 Å². The number of piperazine rings is 1. The van der Waals surface area contributed by atoms with Crippen LogP contribution in [0.5, 0.6) is 0 Å². The van der Waals surface area contributed by atoms with Crippen molar-refractivity contribution in [1.82, 2.24) is 24.9 Å². The highest BCUT2D eigenvalue weighted by molar-refractivity contribution is 6.03. The molecule has 3 heterocycles. The first kappa shape index (κ1) is 17.2. The van der Waals surface area contributed by atoms with E-state index in [1.807, 2.05) is 9.80 Å². The number of imide groups is 1. The molecule has 2 unspecified atom stereocenters. The van der Waals surface area contributed by atoms with Gasteiger partial charge < -0.3 is 20.4 Å². The number of urea groups is 1. The molecule has 0 bridgehead atoms. The summed E-state index contributed by atoms with van der Waals surface area (Å²) in [4.78, 5) is 47.3. The summed E-state index contributed by atoms with van der Waals surface area (Å²) < 4.78 is 0. The van der Waals surface area contributed by atoms with Crippen molar-refractivity contribution in [1.29, 1.82) is 0 Å². The van der Waals surface area contributed by atoms with Gasteiger partial charge >= 0.3 is 6.03 Å². The van der Waals surface area contributed by atoms with Gasteiger partial charge in [0.1, 0.15) is 0 Å². The molecule has 3 aliphatic heterocycles. The van der Waals surface area contributed by atoms with Crippen LogP contribution in [-0.2, 0) is 9.59 Å². The van der Waals surface area contributed by atoms with Gasteiger partial charge in [-0.05, 0) is 0 Å². The lowest BCUT2D eigenvalue weighted by molar-refractivity contribution is -0.127. The number of likely N-dealkylation sites (N-methyl/N-ethyl adjacent to an activating group) is 1. The lowest BCUT2D eigenvalue weighted by atomic mass is 10.1. The lowest BCUT2D eigenvalue weighted by Gasteiger charge is -2.39. The predicted octanol–water partition coefficient (Wildman–Crippen LogP) is -2.18. The maximum atomic E-state index is 12.3. The van der Waals surface area contributed by atoms with Gasteiger partial charge in [0.2, 0.25) is 5.91 Å². The van der Waals surface area contributed by atoms with Gasteiger partial charge in [0, 0.05) is 39.8 Å². The second kappa shape index (κ2) is 6.71. The highest BCUT2D eigenvalue weighted by atomic mass is 16.2. The molecule has 3 rings (SSSR count). The highest BCUT2D eigenvalue weighted by Gasteiger charge is 2.49. The van der Waals surface area contributed by atoms with E-state index in [0.717, 1.165) is 0 Å². The van der Waals surface area contributed by atoms with Gasteiger partial charge in [-0.25, -0.2) is 9.79 Å². The quantitative estimate of drug-likeness (QED) is 0.558. The third-order valence-corrected chi connectivity index (χ3v) is 4.70. The monoisotopic (exact) mass is 349 g/mol. The van der Waals surface area contributed by atoms with E-state index in [9.17, 15) is 14.4 Å². The molecular weight excluding hydrogens is 326 g/mol. The summed E-state index contributed by atoms with van der Waals surface area (Å²) in [5, 5.41) is 2.36. The van der Waals surface area contributed by atoms with Crippen LogP contribution in [0.1, 0.15) is 0 Å². The van der Waals surface area contributed by atoms with E-state index in [2.05, 4.69) is 21.8 Å². The minimum absolute atomic E-state index is 0.238. The summed E-state index contributed by atoms with van der Waals surface area (Å²) in [5.74, 6) is -0.00541. The first-order valence-corrected chi connectivity index (χ1v) is 8.21. The van der Waals surface area contributed by atoms with Gasteiger partial charge in [0.15, 0.2) is 18.2 Å². The fraction of sp³-hybridized carbons (Fsp3) is 0.600. The summed E-state index contributed by atoms with van der Waals surface area (Å²) >= 11 is 0.